The number of benzene rings is 1. The largest absolute Gasteiger partial charge is 0.312 e. The van der Waals surface area contributed by atoms with Gasteiger partial charge in [-0.1, -0.05) is 78.0 Å². The molecule has 2 rings (SSSR count). The van der Waals surface area contributed by atoms with Crippen LogP contribution in [-0.4, -0.2) is 26.0 Å². The maximum absolute atomic E-state index is 2.21. The van der Waals surface area contributed by atoms with Crippen molar-refractivity contribution in [1.82, 2.24) is 4.90 Å². The Bertz CT molecular complexity index is 507. The summed E-state index contributed by atoms with van der Waals surface area (Å²) in [6, 6.07) is 10.4. The molecule has 0 saturated heterocycles. The minimum atomic E-state index is 1.25. The maximum atomic E-state index is 2.21. The van der Waals surface area contributed by atoms with Crippen LogP contribution in [0.1, 0.15) is 63.1 Å². The van der Waals surface area contributed by atoms with Gasteiger partial charge in [0.15, 0.2) is 0 Å². The fourth-order valence-electron chi connectivity index (χ4n) is 1.42. The molecule has 2 aromatic rings. The van der Waals surface area contributed by atoms with Crippen LogP contribution >= 0.6 is 11.3 Å². The van der Waals surface area contributed by atoms with E-state index in [4.69, 9.17) is 0 Å². The van der Waals surface area contributed by atoms with Crippen molar-refractivity contribution in [3.05, 3.63) is 57.3 Å². The van der Waals surface area contributed by atoms with E-state index < -0.39 is 0 Å². The van der Waals surface area contributed by atoms with Crippen LogP contribution in [-0.2, 0) is 0 Å². The summed E-state index contributed by atoms with van der Waals surface area (Å²) >= 11 is 1.81. The van der Waals surface area contributed by atoms with Crippen LogP contribution in [0.25, 0.3) is 12.2 Å². The Kier molecular flexibility index (Phi) is 23.5. The number of nitrogens with zero attached hydrogens (tertiary/aromatic N) is 1. The molecule has 1 aromatic carbocycles. The zero-order valence-electron chi connectivity index (χ0n) is 18.5. The average Bonchev–Trinajstić information content (AvgIpc) is 2.97. The number of hydrogen-bond acceptors (Lipinski definition) is 2. The van der Waals surface area contributed by atoms with E-state index in [9.17, 15) is 0 Å². The van der Waals surface area contributed by atoms with Crippen molar-refractivity contribution in [2.75, 3.05) is 21.1 Å². The maximum Gasteiger partial charge on any atom is 0.0302 e. The first kappa shape index (κ1) is 28.4. The topological polar surface area (TPSA) is 3.24 Å². The van der Waals surface area contributed by atoms with Gasteiger partial charge in [0.2, 0.25) is 0 Å². The third-order valence-corrected chi connectivity index (χ3v) is 3.72. The minimum Gasteiger partial charge on any atom is -0.312 e. The zero-order valence-corrected chi connectivity index (χ0v) is 19.3. The van der Waals surface area contributed by atoms with Crippen LogP contribution in [0.3, 0.4) is 0 Å². The second-order valence-corrected chi connectivity index (χ2v) is 5.90. The average molecular weight is 364 g/mol. The standard InChI is InChI=1S/C14H14S.C3H9N.3C2H6/c1-11-10-15-14(12(11)2)9-8-13-6-4-3-5-7-13;1-4(2)3;3*1-2/h3-10H,1-2H3;1-3H3;3*1-2H3/b9-8+;;;;. The minimum absolute atomic E-state index is 1.25. The molecule has 0 atom stereocenters. The lowest BCUT2D eigenvalue weighted by Gasteiger charge is -1.93. The molecule has 2 heteroatoms. The molecule has 0 aliphatic rings. The summed E-state index contributed by atoms with van der Waals surface area (Å²) in [4.78, 5) is 3.36. The van der Waals surface area contributed by atoms with Crippen LogP contribution in [0.15, 0.2) is 35.7 Å². The van der Waals surface area contributed by atoms with Crippen molar-refractivity contribution in [2.24, 2.45) is 0 Å². The second kappa shape index (κ2) is 20.7. The molecule has 0 aliphatic heterocycles. The van der Waals surface area contributed by atoms with Gasteiger partial charge in [-0.3, -0.25) is 0 Å². The van der Waals surface area contributed by atoms with Crippen LogP contribution in [0.2, 0.25) is 0 Å². The fraction of sp³-hybridized carbons (Fsp3) is 0.478. The highest BCUT2D eigenvalue weighted by molar-refractivity contribution is 7.11. The van der Waals surface area contributed by atoms with E-state index >= 15 is 0 Å². The molecule has 1 nitrogen and oxygen atoms in total. The first-order valence-electron chi connectivity index (χ1n) is 9.39. The van der Waals surface area contributed by atoms with Crippen LogP contribution in [0, 0.1) is 13.8 Å². The van der Waals surface area contributed by atoms with E-state index in [1.165, 1.54) is 21.6 Å². The summed E-state index contributed by atoms with van der Waals surface area (Å²) < 4.78 is 0. The molecule has 1 heterocycles. The Morgan fingerprint density at radius 1 is 0.760 bits per heavy atom. The van der Waals surface area contributed by atoms with E-state index in [1.54, 1.807) is 0 Å². The van der Waals surface area contributed by atoms with E-state index in [1.807, 2.05) is 85.0 Å². The van der Waals surface area contributed by atoms with Crippen LogP contribution in [0.5, 0.6) is 0 Å². The number of thiophene rings is 1. The van der Waals surface area contributed by atoms with E-state index in [0.717, 1.165) is 0 Å². The molecule has 0 fully saturated rings. The smallest absolute Gasteiger partial charge is 0.0302 e. The quantitative estimate of drug-likeness (QED) is 0.526. The lowest BCUT2D eigenvalue weighted by atomic mass is 10.1. The van der Waals surface area contributed by atoms with Gasteiger partial charge in [-0.2, -0.15) is 0 Å². The Morgan fingerprint density at radius 2 is 1.20 bits per heavy atom. The van der Waals surface area contributed by atoms with Crippen molar-refractivity contribution < 1.29 is 0 Å². The Hall–Kier alpha value is -1.38. The third-order valence-electron chi connectivity index (χ3n) is 2.55. The predicted molar refractivity (Wildman–Crippen MR) is 123 cm³/mol. The molecule has 25 heavy (non-hydrogen) atoms. The van der Waals surface area contributed by atoms with E-state index in [2.05, 4.69) is 55.6 Å². The molecule has 0 spiro atoms. The molecular weight excluding hydrogens is 322 g/mol. The highest BCUT2D eigenvalue weighted by Gasteiger charge is 1.99. The molecular formula is C23H41NS. The summed E-state index contributed by atoms with van der Waals surface area (Å²) in [5.74, 6) is 0. The monoisotopic (exact) mass is 363 g/mol. The van der Waals surface area contributed by atoms with Crippen molar-refractivity contribution in [2.45, 2.75) is 55.4 Å². The number of aryl methyl sites for hydroxylation is 1. The molecule has 0 radical (unpaired) electrons. The van der Waals surface area contributed by atoms with Gasteiger partial charge in [0, 0.05) is 4.88 Å². The molecule has 0 unspecified atom stereocenters. The highest BCUT2D eigenvalue weighted by atomic mass is 32.1. The number of rotatable bonds is 2. The van der Waals surface area contributed by atoms with Crippen LogP contribution in [0.4, 0.5) is 0 Å². The van der Waals surface area contributed by atoms with Gasteiger partial charge in [0.1, 0.15) is 0 Å². The Labute approximate surface area is 162 Å². The normalized spacial score (nSPS) is 8.80. The van der Waals surface area contributed by atoms with E-state index in [-0.39, 0.29) is 0 Å². The summed E-state index contributed by atoms with van der Waals surface area (Å²) in [5.41, 5.74) is 4.03. The molecule has 0 amide bonds. The zero-order chi connectivity index (χ0) is 20.3. The van der Waals surface area contributed by atoms with Crippen molar-refractivity contribution in [3.63, 3.8) is 0 Å². The summed E-state index contributed by atoms with van der Waals surface area (Å²) in [6.45, 7) is 16.3. The van der Waals surface area contributed by atoms with Gasteiger partial charge in [0.25, 0.3) is 0 Å². The molecule has 0 saturated carbocycles. The van der Waals surface area contributed by atoms with Crippen LogP contribution < -0.4 is 0 Å². The van der Waals surface area contributed by atoms with Crippen molar-refractivity contribution in [1.29, 1.82) is 0 Å². The van der Waals surface area contributed by atoms with Gasteiger partial charge in [-0.05, 0) is 63.1 Å². The lowest BCUT2D eigenvalue weighted by molar-refractivity contribution is 0.505. The fourth-order valence-corrected chi connectivity index (χ4v) is 2.39. The van der Waals surface area contributed by atoms with Gasteiger partial charge >= 0.3 is 0 Å². The Balaban J connectivity index is -0.000000412. The molecule has 1 aromatic heterocycles. The van der Waals surface area contributed by atoms with Gasteiger partial charge in [-0.15, -0.1) is 11.3 Å². The highest BCUT2D eigenvalue weighted by Crippen LogP contribution is 2.23. The summed E-state index contributed by atoms with van der Waals surface area (Å²) in [5, 5.41) is 2.21. The van der Waals surface area contributed by atoms with Crippen molar-refractivity contribution in [3.8, 4) is 0 Å². The molecule has 0 bridgehead atoms. The summed E-state index contributed by atoms with van der Waals surface area (Å²) in [7, 11) is 6.00. The lowest BCUT2D eigenvalue weighted by Crippen LogP contribution is -1.99. The summed E-state index contributed by atoms with van der Waals surface area (Å²) in [6.07, 6.45) is 4.36. The predicted octanol–water partition coefficient (Wildman–Crippen LogP) is 7.79. The SMILES string of the molecule is CC.CC.CC.CN(C)C.Cc1csc(/C=C/c2ccccc2)c1C. The first-order chi connectivity index (χ1) is 12.0. The van der Waals surface area contributed by atoms with Gasteiger partial charge < -0.3 is 4.90 Å². The van der Waals surface area contributed by atoms with Gasteiger partial charge in [-0.25, -0.2) is 0 Å². The second-order valence-electron chi connectivity index (χ2n) is 4.99. The molecule has 0 aliphatic carbocycles. The van der Waals surface area contributed by atoms with Crippen molar-refractivity contribution >= 4 is 23.5 Å². The molecule has 144 valence electrons. The van der Waals surface area contributed by atoms with E-state index in [0.29, 0.717) is 0 Å². The third kappa shape index (κ3) is 15.9. The molecule has 0 N–H and O–H groups in total. The van der Waals surface area contributed by atoms with Gasteiger partial charge in [0.05, 0.1) is 0 Å². The Morgan fingerprint density at radius 3 is 1.56 bits per heavy atom. The first-order valence-corrected chi connectivity index (χ1v) is 10.3. The number of hydrogen-bond donors (Lipinski definition) is 0.